The van der Waals surface area contributed by atoms with Crippen LogP contribution in [-0.2, 0) is 17.9 Å². The Morgan fingerprint density at radius 1 is 1.23 bits per heavy atom. The van der Waals surface area contributed by atoms with Gasteiger partial charge in [0.05, 0.1) is 19.3 Å². The van der Waals surface area contributed by atoms with Gasteiger partial charge in [0.2, 0.25) is 5.91 Å². The number of amides is 1. The Labute approximate surface area is 147 Å². The van der Waals surface area contributed by atoms with Crippen LogP contribution in [0.15, 0.2) is 41.6 Å². The van der Waals surface area contributed by atoms with E-state index in [0.29, 0.717) is 16.9 Å². The van der Waals surface area contributed by atoms with E-state index in [4.69, 9.17) is 5.11 Å². The fourth-order valence-electron chi connectivity index (χ4n) is 2.51. The van der Waals surface area contributed by atoms with Gasteiger partial charge in [0.1, 0.15) is 18.3 Å². The van der Waals surface area contributed by atoms with Gasteiger partial charge in [-0.3, -0.25) is 19.0 Å². The first kappa shape index (κ1) is 17.5. The van der Waals surface area contributed by atoms with Gasteiger partial charge in [-0.05, 0) is 31.2 Å². The summed E-state index contributed by atoms with van der Waals surface area (Å²) in [5.41, 5.74) is 1.05. The molecule has 0 aliphatic rings. The molecule has 0 aliphatic carbocycles. The van der Waals surface area contributed by atoms with Crippen LogP contribution in [0.1, 0.15) is 17.3 Å². The maximum Gasteiger partial charge on any atom is 0.264 e. The van der Waals surface area contributed by atoms with E-state index in [2.05, 4.69) is 15.4 Å². The van der Waals surface area contributed by atoms with Crippen molar-refractivity contribution >= 4 is 28.4 Å². The SMILES string of the molecule is CC(=O)c1ccc(NC(=O)Cn2cnc3c(cnn3CCO)c2=O)cc1. The van der Waals surface area contributed by atoms with Crippen molar-refractivity contribution in [1.29, 1.82) is 0 Å². The minimum Gasteiger partial charge on any atom is -0.394 e. The molecule has 3 rings (SSSR count). The topological polar surface area (TPSA) is 119 Å². The number of fused-ring (bicyclic) bond motifs is 1. The number of ketones is 1. The van der Waals surface area contributed by atoms with E-state index in [-0.39, 0.29) is 36.4 Å². The predicted molar refractivity (Wildman–Crippen MR) is 94.0 cm³/mol. The first-order valence-corrected chi connectivity index (χ1v) is 7.92. The number of aliphatic hydroxyl groups excluding tert-OH is 1. The van der Waals surface area contributed by atoms with Crippen molar-refractivity contribution in [3.8, 4) is 0 Å². The molecule has 0 bridgehead atoms. The number of aliphatic hydroxyl groups is 1. The molecule has 26 heavy (non-hydrogen) atoms. The molecule has 3 aromatic rings. The van der Waals surface area contributed by atoms with Gasteiger partial charge in [-0.25, -0.2) is 9.67 Å². The number of rotatable bonds is 6. The third-order valence-corrected chi connectivity index (χ3v) is 3.82. The molecule has 0 spiro atoms. The molecule has 0 aliphatic heterocycles. The van der Waals surface area contributed by atoms with Gasteiger partial charge in [-0.2, -0.15) is 5.10 Å². The summed E-state index contributed by atoms with van der Waals surface area (Å²) in [5.74, 6) is -0.456. The molecule has 2 N–H and O–H groups in total. The zero-order valence-corrected chi connectivity index (χ0v) is 14.0. The third kappa shape index (κ3) is 3.52. The number of carbonyl (C=O) groups is 2. The number of nitrogens with one attached hydrogen (secondary N) is 1. The van der Waals surface area contributed by atoms with E-state index < -0.39 is 5.91 Å². The highest BCUT2D eigenvalue weighted by Gasteiger charge is 2.12. The van der Waals surface area contributed by atoms with E-state index in [0.717, 1.165) is 0 Å². The van der Waals surface area contributed by atoms with Crippen LogP contribution in [0, 0.1) is 0 Å². The number of anilines is 1. The second-order valence-corrected chi connectivity index (χ2v) is 5.69. The normalized spacial score (nSPS) is 10.8. The van der Waals surface area contributed by atoms with Crippen molar-refractivity contribution < 1.29 is 14.7 Å². The maximum atomic E-state index is 12.4. The Hall–Kier alpha value is -3.33. The molecule has 1 aromatic carbocycles. The number of benzene rings is 1. The quantitative estimate of drug-likeness (QED) is 0.619. The summed E-state index contributed by atoms with van der Waals surface area (Å²) in [5, 5.41) is 15.9. The van der Waals surface area contributed by atoms with Gasteiger partial charge in [0.25, 0.3) is 5.56 Å². The van der Waals surface area contributed by atoms with Gasteiger partial charge < -0.3 is 10.4 Å². The molecule has 2 aromatic heterocycles. The van der Waals surface area contributed by atoms with Gasteiger partial charge in [0, 0.05) is 11.3 Å². The number of aromatic nitrogens is 4. The molecule has 9 nitrogen and oxygen atoms in total. The summed E-state index contributed by atoms with van der Waals surface area (Å²) >= 11 is 0. The molecule has 0 saturated carbocycles. The average molecular weight is 355 g/mol. The van der Waals surface area contributed by atoms with Crippen LogP contribution < -0.4 is 10.9 Å². The van der Waals surface area contributed by atoms with Crippen LogP contribution in [-0.4, -0.2) is 42.7 Å². The van der Waals surface area contributed by atoms with E-state index in [1.807, 2.05) is 0 Å². The highest BCUT2D eigenvalue weighted by molar-refractivity contribution is 5.95. The largest absolute Gasteiger partial charge is 0.394 e. The van der Waals surface area contributed by atoms with Crippen LogP contribution in [0.3, 0.4) is 0 Å². The second kappa shape index (κ2) is 7.28. The fourth-order valence-corrected chi connectivity index (χ4v) is 2.51. The molecular formula is C17H17N5O4. The van der Waals surface area contributed by atoms with Gasteiger partial charge in [-0.1, -0.05) is 0 Å². The van der Waals surface area contributed by atoms with Crippen LogP contribution in [0.4, 0.5) is 5.69 Å². The lowest BCUT2D eigenvalue weighted by atomic mass is 10.1. The molecule has 0 atom stereocenters. The molecule has 0 saturated heterocycles. The third-order valence-electron chi connectivity index (χ3n) is 3.82. The number of nitrogens with zero attached hydrogens (tertiary/aromatic N) is 4. The molecular weight excluding hydrogens is 338 g/mol. The first-order chi connectivity index (χ1) is 12.5. The van der Waals surface area contributed by atoms with Crippen molar-refractivity contribution in [3.05, 3.63) is 52.7 Å². The van der Waals surface area contributed by atoms with E-state index in [1.54, 1.807) is 24.3 Å². The molecule has 9 heteroatoms. The highest BCUT2D eigenvalue weighted by atomic mass is 16.3. The van der Waals surface area contributed by atoms with E-state index in [1.165, 1.54) is 28.7 Å². The second-order valence-electron chi connectivity index (χ2n) is 5.69. The minimum absolute atomic E-state index is 0.0597. The Morgan fingerprint density at radius 3 is 2.62 bits per heavy atom. The van der Waals surface area contributed by atoms with Gasteiger partial charge >= 0.3 is 0 Å². The Balaban J connectivity index is 1.75. The van der Waals surface area contributed by atoms with Crippen molar-refractivity contribution in [2.45, 2.75) is 20.0 Å². The van der Waals surface area contributed by atoms with Crippen LogP contribution in [0.2, 0.25) is 0 Å². The van der Waals surface area contributed by atoms with Gasteiger partial charge in [0.15, 0.2) is 11.4 Å². The fraction of sp³-hybridized carbons (Fsp3) is 0.235. The number of hydrogen-bond donors (Lipinski definition) is 2. The summed E-state index contributed by atoms with van der Waals surface area (Å²) in [4.78, 5) is 40.0. The zero-order valence-electron chi connectivity index (χ0n) is 14.0. The number of carbonyl (C=O) groups excluding carboxylic acids is 2. The summed E-state index contributed by atoms with van der Waals surface area (Å²) in [6.07, 6.45) is 2.65. The lowest BCUT2D eigenvalue weighted by Crippen LogP contribution is -2.28. The lowest BCUT2D eigenvalue weighted by molar-refractivity contribution is -0.116. The summed E-state index contributed by atoms with van der Waals surface area (Å²) in [6, 6.07) is 6.48. The average Bonchev–Trinajstić information content (AvgIpc) is 3.02. The van der Waals surface area contributed by atoms with Crippen molar-refractivity contribution in [2.75, 3.05) is 11.9 Å². The molecule has 0 unspecified atom stereocenters. The van der Waals surface area contributed by atoms with Crippen LogP contribution in [0.5, 0.6) is 0 Å². The summed E-state index contributed by atoms with van der Waals surface area (Å²) < 4.78 is 2.62. The standard InChI is InChI=1S/C17H17N5O4/c1-11(24)12-2-4-13(5-3-12)20-15(25)9-21-10-18-16-14(17(21)26)8-19-22(16)6-7-23/h2-5,8,10,23H,6-7,9H2,1H3,(H,20,25). The first-order valence-electron chi connectivity index (χ1n) is 7.92. The Morgan fingerprint density at radius 2 is 1.96 bits per heavy atom. The summed E-state index contributed by atoms with van der Waals surface area (Å²) in [6.45, 7) is 1.37. The smallest absolute Gasteiger partial charge is 0.264 e. The van der Waals surface area contributed by atoms with E-state index in [9.17, 15) is 14.4 Å². The molecule has 0 radical (unpaired) electrons. The molecule has 1 amide bonds. The monoisotopic (exact) mass is 355 g/mol. The highest BCUT2D eigenvalue weighted by Crippen LogP contribution is 2.10. The molecule has 2 heterocycles. The summed E-state index contributed by atoms with van der Waals surface area (Å²) in [7, 11) is 0. The van der Waals surface area contributed by atoms with Crippen LogP contribution in [0.25, 0.3) is 11.0 Å². The van der Waals surface area contributed by atoms with Crippen molar-refractivity contribution in [3.63, 3.8) is 0 Å². The minimum atomic E-state index is -0.397. The number of Topliss-reactive ketones (excluding diaryl/α,β-unsaturated/α-hetero) is 1. The van der Waals surface area contributed by atoms with Crippen molar-refractivity contribution in [1.82, 2.24) is 19.3 Å². The van der Waals surface area contributed by atoms with Crippen molar-refractivity contribution in [2.24, 2.45) is 0 Å². The van der Waals surface area contributed by atoms with Gasteiger partial charge in [-0.15, -0.1) is 0 Å². The zero-order chi connectivity index (χ0) is 18.7. The predicted octanol–water partition coefficient (Wildman–Crippen LogP) is 0.427. The molecule has 0 fully saturated rings. The lowest BCUT2D eigenvalue weighted by Gasteiger charge is -2.08. The maximum absolute atomic E-state index is 12.4. The van der Waals surface area contributed by atoms with E-state index >= 15 is 0 Å². The molecule has 134 valence electrons. The van der Waals surface area contributed by atoms with Crippen LogP contribution >= 0.6 is 0 Å². The Kier molecular flexibility index (Phi) is 4.90. The Bertz CT molecular complexity index is 1020. The number of hydrogen-bond acceptors (Lipinski definition) is 6.